The third-order valence-corrected chi connectivity index (χ3v) is 5.22. The molecule has 0 spiro atoms. The van der Waals surface area contributed by atoms with E-state index >= 15 is 0 Å². The lowest BCUT2D eigenvalue weighted by atomic mass is 10.0. The van der Waals surface area contributed by atoms with Crippen molar-refractivity contribution in [2.45, 2.75) is 69.1 Å². The van der Waals surface area contributed by atoms with Crippen molar-refractivity contribution in [2.75, 3.05) is 0 Å². The number of H-pyrrole nitrogens is 1. The monoisotopic (exact) mass is 540 g/mol. The molecule has 210 valence electrons. The van der Waals surface area contributed by atoms with Crippen LogP contribution in [0.3, 0.4) is 0 Å². The molecule has 12 N–H and O–H groups in total. The van der Waals surface area contributed by atoms with Crippen LogP contribution in [0.2, 0.25) is 0 Å². The number of aromatic amines is 1. The Morgan fingerprint density at radius 2 is 1.29 bits per heavy atom. The van der Waals surface area contributed by atoms with Gasteiger partial charge in [0, 0.05) is 37.6 Å². The average molecular weight is 541 g/mol. The topological polar surface area (TPSA) is 303 Å². The first kappa shape index (κ1) is 31.5. The Bertz CT molecular complexity index is 1010. The number of aliphatic carboxylic acids is 2. The predicted octanol–water partition coefficient (Wildman–Crippen LogP) is -3.79. The fraction of sp³-hybridized carbons (Fsp3) is 0.524. The molecule has 0 radical (unpaired) electrons. The van der Waals surface area contributed by atoms with E-state index in [0.717, 1.165) is 0 Å². The van der Waals surface area contributed by atoms with E-state index in [1.54, 1.807) is 0 Å². The van der Waals surface area contributed by atoms with Crippen LogP contribution in [0.5, 0.6) is 0 Å². The molecular weight excluding hydrogens is 508 g/mol. The van der Waals surface area contributed by atoms with Crippen LogP contribution in [0.1, 0.15) is 44.2 Å². The summed E-state index contributed by atoms with van der Waals surface area (Å²) < 4.78 is 0. The molecule has 4 unspecified atom stereocenters. The van der Waals surface area contributed by atoms with Crippen LogP contribution in [-0.2, 0) is 40.0 Å². The van der Waals surface area contributed by atoms with Gasteiger partial charge < -0.3 is 48.3 Å². The Morgan fingerprint density at radius 1 is 0.789 bits per heavy atom. The maximum absolute atomic E-state index is 13.0. The van der Waals surface area contributed by atoms with Crippen LogP contribution in [-0.4, -0.2) is 85.8 Å². The number of hydrogen-bond donors (Lipinski definition) is 9. The number of aromatic nitrogens is 2. The number of primary amides is 2. The smallest absolute Gasteiger partial charge is 0.326 e. The van der Waals surface area contributed by atoms with Gasteiger partial charge in [-0.15, -0.1) is 0 Å². The van der Waals surface area contributed by atoms with Crippen molar-refractivity contribution < 1.29 is 43.8 Å². The lowest BCUT2D eigenvalue weighted by molar-refractivity contribution is -0.143. The minimum Gasteiger partial charge on any atom is -0.481 e. The van der Waals surface area contributed by atoms with Crippen LogP contribution in [0.4, 0.5) is 0 Å². The molecule has 0 bridgehead atoms. The van der Waals surface area contributed by atoms with Crippen LogP contribution in [0.25, 0.3) is 0 Å². The maximum atomic E-state index is 13.0. The van der Waals surface area contributed by atoms with Gasteiger partial charge in [0.2, 0.25) is 29.5 Å². The predicted molar refractivity (Wildman–Crippen MR) is 127 cm³/mol. The Balaban J connectivity index is 3.02. The van der Waals surface area contributed by atoms with Gasteiger partial charge in [-0.1, -0.05) is 0 Å². The summed E-state index contributed by atoms with van der Waals surface area (Å²) in [7, 11) is 0. The zero-order valence-electron chi connectivity index (χ0n) is 20.3. The molecule has 0 saturated carbocycles. The Hall–Kier alpha value is -4.54. The van der Waals surface area contributed by atoms with Crippen molar-refractivity contribution in [1.82, 2.24) is 25.9 Å². The van der Waals surface area contributed by atoms with Crippen LogP contribution in [0, 0.1) is 0 Å². The molecule has 5 amide bonds. The van der Waals surface area contributed by atoms with E-state index in [9.17, 15) is 38.7 Å². The molecule has 0 aliphatic rings. The zero-order chi connectivity index (χ0) is 28.8. The fourth-order valence-electron chi connectivity index (χ4n) is 3.16. The number of imidazole rings is 1. The van der Waals surface area contributed by atoms with Gasteiger partial charge in [0.25, 0.3) is 0 Å². The first-order valence-electron chi connectivity index (χ1n) is 11.4. The quantitative estimate of drug-likeness (QED) is 0.0869. The normalized spacial score (nSPS) is 13.8. The second-order valence-corrected chi connectivity index (χ2v) is 8.35. The van der Waals surface area contributed by atoms with E-state index in [0.29, 0.717) is 5.69 Å². The Kier molecular flexibility index (Phi) is 12.9. The number of nitrogens with two attached hydrogens (primary N) is 3. The summed E-state index contributed by atoms with van der Waals surface area (Å²) in [6.45, 7) is 0. The van der Waals surface area contributed by atoms with Crippen LogP contribution < -0.4 is 33.2 Å². The Morgan fingerprint density at radius 3 is 1.76 bits per heavy atom. The van der Waals surface area contributed by atoms with Gasteiger partial charge in [-0.05, 0) is 19.3 Å². The van der Waals surface area contributed by atoms with Crippen molar-refractivity contribution in [2.24, 2.45) is 17.2 Å². The summed E-state index contributed by atoms with van der Waals surface area (Å²) in [6, 6.07) is -5.61. The molecule has 1 aromatic heterocycles. The second kappa shape index (κ2) is 15.5. The number of nitrogens with zero attached hydrogens (tertiary/aromatic N) is 1. The Labute approximate surface area is 216 Å². The van der Waals surface area contributed by atoms with Crippen molar-refractivity contribution in [1.29, 1.82) is 0 Å². The molecule has 0 aliphatic carbocycles. The minimum absolute atomic E-state index is 0.123. The van der Waals surface area contributed by atoms with Gasteiger partial charge in [0.05, 0.1) is 12.4 Å². The van der Waals surface area contributed by atoms with Gasteiger partial charge in [0.15, 0.2) is 0 Å². The number of carboxylic acid groups (broad SMARTS) is 2. The van der Waals surface area contributed by atoms with Crippen molar-refractivity contribution in [3.63, 3.8) is 0 Å². The van der Waals surface area contributed by atoms with Crippen molar-refractivity contribution in [3.05, 3.63) is 18.2 Å². The zero-order valence-corrected chi connectivity index (χ0v) is 20.3. The highest BCUT2D eigenvalue weighted by atomic mass is 16.4. The molecule has 17 heteroatoms. The van der Waals surface area contributed by atoms with Crippen LogP contribution in [0.15, 0.2) is 12.5 Å². The standard InChI is InChI=1S/C21H32N8O9/c22-11(1-4-15(23)30)18(34)27-12(2-5-16(24)31)19(35)28-13(3-6-17(32)33)20(36)29-14(21(37)38)7-10-8-25-9-26-10/h8-9,11-14H,1-7,22H2,(H2,23,30)(H2,24,31)(H,25,26)(H,27,34)(H,28,35)(H,29,36)(H,32,33)(H,37,38). The summed E-state index contributed by atoms with van der Waals surface area (Å²) in [5, 5.41) is 25.3. The number of nitrogens with one attached hydrogen (secondary N) is 4. The number of hydrogen-bond acceptors (Lipinski definition) is 9. The molecule has 17 nitrogen and oxygen atoms in total. The largest absolute Gasteiger partial charge is 0.481 e. The van der Waals surface area contributed by atoms with E-state index in [1.807, 2.05) is 0 Å². The summed E-state index contributed by atoms with van der Waals surface area (Å²) in [5.41, 5.74) is 16.3. The third kappa shape index (κ3) is 11.9. The van der Waals surface area contributed by atoms with E-state index in [-0.39, 0.29) is 32.1 Å². The van der Waals surface area contributed by atoms with E-state index in [2.05, 4.69) is 25.9 Å². The van der Waals surface area contributed by atoms with E-state index in [1.165, 1.54) is 12.5 Å². The maximum Gasteiger partial charge on any atom is 0.326 e. The molecule has 1 aromatic rings. The number of carbonyl (C=O) groups excluding carboxylic acids is 5. The van der Waals surface area contributed by atoms with E-state index in [4.69, 9.17) is 22.3 Å². The number of rotatable bonds is 18. The fourth-order valence-corrected chi connectivity index (χ4v) is 3.16. The van der Waals surface area contributed by atoms with Gasteiger partial charge in [0.1, 0.15) is 18.1 Å². The molecule has 0 aliphatic heterocycles. The van der Waals surface area contributed by atoms with E-state index < -0.39 is 78.5 Å². The van der Waals surface area contributed by atoms with Gasteiger partial charge in [-0.2, -0.15) is 0 Å². The number of carbonyl (C=O) groups is 7. The average Bonchev–Trinajstić information content (AvgIpc) is 3.34. The molecule has 0 aromatic carbocycles. The molecule has 1 rings (SSSR count). The number of carboxylic acids is 2. The molecule has 0 saturated heterocycles. The first-order valence-corrected chi connectivity index (χ1v) is 11.4. The molecule has 38 heavy (non-hydrogen) atoms. The summed E-state index contributed by atoms with van der Waals surface area (Å²) >= 11 is 0. The van der Waals surface area contributed by atoms with Crippen LogP contribution >= 0.6 is 0 Å². The highest BCUT2D eigenvalue weighted by Gasteiger charge is 2.31. The second-order valence-electron chi connectivity index (χ2n) is 8.35. The SMILES string of the molecule is NC(=O)CCC(N)C(=O)NC(CCC(N)=O)C(=O)NC(CCC(=O)O)C(=O)NC(Cc1cnc[nH]1)C(=O)O. The molecule has 4 atom stereocenters. The molecule has 0 fully saturated rings. The summed E-state index contributed by atoms with van der Waals surface area (Å²) in [6.07, 6.45) is 0.548. The summed E-state index contributed by atoms with van der Waals surface area (Å²) in [4.78, 5) is 89.6. The third-order valence-electron chi connectivity index (χ3n) is 5.22. The van der Waals surface area contributed by atoms with Crippen molar-refractivity contribution in [3.8, 4) is 0 Å². The lowest BCUT2D eigenvalue weighted by Gasteiger charge is -2.25. The van der Waals surface area contributed by atoms with Gasteiger partial charge >= 0.3 is 11.9 Å². The van der Waals surface area contributed by atoms with Gasteiger partial charge in [-0.25, -0.2) is 9.78 Å². The molecule has 1 heterocycles. The van der Waals surface area contributed by atoms with Crippen molar-refractivity contribution >= 4 is 41.5 Å². The number of amides is 5. The highest BCUT2D eigenvalue weighted by molar-refractivity contribution is 5.94. The first-order chi connectivity index (χ1) is 17.8. The molecular formula is C21H32N8O9. The lowest BCUT2D eigenvalue weighted by Crippen LogP contribution is -2.57. The highest BCUT2D eigenvalue weighted by Crippen LogP contribution is 2.06. The minimum atomic E-state index is -1.52. The van der Waals surface area contributed by atoms with Gasteiger partial charge in [-0.3, -0.25) is 28.8 Å². The summed E-state index contributed by atoms with van der Waals surface area (Å²) in [5.74, 6) is -7.00.